The van der Waals surface area contributed by atoms with Gasteiger partial charge in [0.25, 0.3) is 0 Å². The third-order valence-corrected chi connectivity index (χ3v) is 6.88. The van der Waals surface area contributed by atoms with Crippen molar-refractivity contribution >= 4 is 13.0 Å². The Morgan fingerprint density at radius 1 is 1.07 bits per heavy atom. The third kappa shape index (κ3) is 8.41. The van der Waals surface area contributed by atoms with Crippen molar-refractivity contribution in [2.45, 2.75) is 58.8 Å². The molecule has 2 aromatic carbocycles. The predicted molar refractivity (Wildman–Crippen MR) is 157 cm³/mol. The number of nitrogens with zero attached hydrogens (tertiary/aromatic N) is 3. The Hall–Kier alpha value is -3.18. The molecule has 3 N–H and O–H groups in total. The molecule has 0 saturated carbocycles. The number of ether oxygens (including phenoxy) is 2. The molecule has 0 radical (unpaired) electrons. The van der Waals surface area contributed by atoms with Crippen LogP contribution in [0, 0.1) is 5.92 Å². The number of nitrogens with one attached hydrogen (secondary N) is 1. The fourth-order valence-corrected chi connectivity index (χ4v) is 5.18. The van der Waals surface area contributed by atoms with Crippen molar-refractivity contribution in [2.24, 2.45) is 5.92 Å². The minimum absolute atomic E-state index is 0.0574. The highest BCUT2D eigenvalue weighted by molar-refractivity contribution is 6.43. The Morgan fingerprint density at radius 2 is 1.77 bits per heavy atom. The van der Waals surface area contributed by atoms with Gasteiger partial charge in [0.15, 0.2) is 0 Å². The number of hydrogen-bond donors (Lipinski definition) is 3. The largest absolute Gasteiger partial charge is 0.492 e. The fourth-order valence-electron chi connectivity index (χ4n) is 5.18. The average Bonchev–Trinajstić information content (AvgIpc) is 3.32. The molecule has 1 amide bonds. The van der Waals surface area contributed by atoms with Crippen LogP contribution in [0.25, 0.3) is 22.5 Å². The van der Waals surface area contributed by atoms with E-state index < -0.39 is 13.1 Å². The minimum atomic E-state index is -1.63. The zero-order valence-electron chi connectivity index (χ0n) is 23.9. The highest BCUT2D eigenvalue weighted by atomic mass is 16.5. The van der Waals surface area contributed by atoms with Gasteiger partial charge in [-0.05, 0) is 49.9 Å². The van der Waals surface area contributed by atoms with Gasteiger partial charge in [-0.1, -0.05) is 56.3 Å². The van der Waals surface area contributed by atoms with Crippen LogP contribution in [0.4, 0.5) is 0 Å². The molecule has 3 aromatic rings. The van der Waals surface area contributed by atoms with Gasteiger partial charge in [-0.2, -0.15) is 5.10 Å². The predicted octanol–water partition coefficient (Wildman–Crippen LogP) is 3.25. The van der Waals surface area contributed by atoms with Gasteiger partial charge in [0.1, 0.15) is 18.9 Å². The van der Waals surface area contributed by atoms with Crippen LogP contribution < -0.4 is 10.1 Å². The lowest BCUT2D eigenvalue weighted by molar-refractivity contribution is -0.122. The highest BCUT2D eigenvalue weighted by Crippen LogP contribution is 2.28. The molecule has 214 valence electrons. The van der Waals surface area contributed by atoms with E-state index in [0.29, 0.717) is 18.7 Å². The smallest absolute Gasteiger partial charge is 0.475 e. The van der Waals surface area contributed by atoms with Crippen molar-refractivity contribution in [3.8, 4) is 28.3 Å². The van der Waals surface area contributed by atoms with Gasteiger partial charge in [-0.15, -0.1) is 0 Å². The molecule has 0 aliphatic carbocycles. The second-order valence-electron chi connectivity index (χ2n) is 11.0. The third-order valence-electron chi connectivity index (χ3n) is 6.88. The standard InChI is InChI=1S/C30H41BN4O5/c1-21(2)15-29(31(37)38)32-30(36)20-35-28(24-9-6-5-7-10-24)17-27(33-35)25-11-8-12-26(16-25)39-14-13-34-18-22(3)40-23(4)19-34/h5-12,16-17,21-23,29,37-38H,13-15,18-20H2,1-4H3,(H,32,36)/t22?,23?,29-/m0/s1. The van der Waals surface area contributed by atoms with Gasteiger partial charge in [-0.25, -0.2) is 0 Å². The Morgan fingerprint density at radius 3 is 2.45 bits per heavy atom. The van der Waals surface area contributed by atoms with E-state index in [0.717, 1.165) is 42.2 Å². The lowest BCUT2D eigenvalue weighted by atomic mass is 9.75. The van der Waals surface area contributed by atoms with Gasteiger partial charge < -0.3 is 24.8 Å². The van der Waals surface area contributed by atoms with Crippen LogP contribution in [-0.2, 0) is 16.1 Å². The Balaban J connectivity index is 1.49. The Labute approximate surface area is 237 Å². The normalized spacial score (nSPS) is 18.5. The molecule has 1 fully saturated rings. The molecule has 0 spiro atoms. The molecule has 1 aromatic heterocycles. The first-order valence-corrected chi connectivity index (χ1v) is 14.1. The maximum atomic E-state index is 13.0. The average molecular weight is 548 g/mol. The summed E-state index contributed by atoms with van der Waals surface area (Å²) in [5.74, 6) is -0.137. The molecule has 4 rings (SSSR count). The van der Waals surface area contributed by atoms with E-state index in [2.05, 4.69) is 24.1 Å². The summed E-state index contributed by atoms with van der Waals surface area (Å²) in [5, 5.41) is 27.0. The molecule has 0 bridgehead atoms. The number of hydrogen-bond acceptors (Lipinski definition) is 7. The van der Waals surface area contributed by atoms with Gasteiger partial charge in [-0.3, -0.25) is 14.4 Å². The summed E-state index contributed by atoms with van der Waals surface area (Å²) in [6.07, 6.45) is 0.895. The first kappa shape index (κ1) is 29.8. The van der Waals surface area contributed by atoms with Crippen molar-refractivity contribution in [2.75, 3.05) is 26.2 Å². The van der Waals surface area contributed by atoms with Crippen LogP contribution in [0.1, 0.15) is 34.1 Å². The maximum Gasteiger partial charge on any atom is 0.475 e. The summed E-state index contributed by atoms with van der Waals surface area (Å²) in [6, 6.07) is 19.5. The van der Waals surface area contributed by atoms with Crippen molar-refractivity contribution in [1.29, 1.82) is 0 Å². The van der Waals surface area contributed by atoms with Crippen molar-refractivity contribution in [1.82, 2.24) is 20.0 Å². The molecule has 9 nitrogen and oxygen atoms in total. The summed E-state index contributed by atoms with van der Waals surface area (Å²) in [7, 11) is -1.63. The zero-order valence-corrected chi connectivity index (χ0v) is 23.9. The highest BCUT2D eigenvalue weighted by Gasteiger charge is 2.27. The molecule has 2 unspecified atom stereocenters. The number of rotatable bonds is 12. The molecule has 1 aliphatic rings. The lowest BCUT2D eigenvalue weighted by Crippen LogP contribution is -2.48. The number of benzene rings is 2. The zero-order chi connectivity index (χ0) is 28.6. The summed E-state index contributed by atoms with van der Waals surface area (Å²) in [5.41, 5.74) is 3.31. The van der Waals surface area contributed by atoms with Crippen LogP contribution >= 0.6 is 0 Å². The van der Waals surface area contributed by atoms with E-state index in [4.69, 9.17) is 14.6 Å². The van der Waals surface area contributed by atoms with E-state index in [-0.39, 0.29) is 30.6 Å². The summed E-state index contributed by atoms with van der Waals surface area (Å²) < 4.78 is 13.6. The van der Waals surface area contributed by atoms with Gasteiger partial charge in [0, 0.05) is 25.2 Å². The van der Waals surface area contributed by atoms with Crippen LogP contribution in [0.3, 0.4) is 0 Å². The first-order valence-electron chi connectivity index (χ1n) is 14.1. The second-order valence-corrected chi connectivity index (χ2v) is 11.0. The number of aromatic nitrogens is 2. The van der Waals surface area contributed by atoms with Crippen molar-refractivity contribution < 1.29 is 24.3 Å². The topological polar surface area (TPSA) is 109 Å². The maximum absolute atomic E-state index is 13.0. The monoisotopic (exact) mass is 548 g/mol. The second kappa shape index (κ2) is 13.9. The molecular weight excluding hydrogens is 507 g/mol. The first-order chi connectivity index (χ1) is 19.2. The van der Waals surface area contributed by atoms with Crippen LogP contribution in [0.15, 0.2) is 60.7 Å². The Kier molecular flexibility index (Phi) is 10.4. The van der Waals surface area contributed by atoms with Crippen molar-refractivity contribution in [3.05, 3.63) is 60.7 Å². The van der Waals surface area contributed by atoms with E-state index in [1.165, 1.54) is 0 Å². The number of morpholine rings is 1. The SMILES string of the molecule is CC(C)C[C@H](NC(=O)Cn1nc(-c2cccc(OCCN3CC(C)OC(C)C3)c2)cc1-c1ccccc1)B(O)O. The van der Waals surface area contributed by atoms with Gasteiger partial charge in [0.2, 0.25) is 5.91 Å². The minimum Gasteiger partial charge on any atom is -0.492 e. The van der Waals surface area contributed by atoms with E-state index in [9.17, 15) is 14.8 Å². The van der Waals surface area contributed by atoms with Crippen molar-refractivity contribution in [3.63, 3.8) is 0 Å². The van der Waals surface area contributed by atoms with E-state index >= 15 is 0 Å². The van der Waals surface area contributed by atoms with Crippen LogP contribution in [-0.4, -0.2) is 82.1 Å². The molecular formula is C30H41BN4O5. The number of carbonyl (C=O) groups is 1. The molecule has 10 heteroatoms. The fraction of sp³-hybridized carbons (Fsp3) is 0.467. The molecule has 40 heavy (non-hydrogen) atoms. The quantitative estimate of drug-likeness (QED) is 0.298. The van der Waals surface area contributed by atoms with Crippen LogP contribution in [0.2, 0.25) is 0 Å². The number of amides is 1. The summed E-state index contributed by atoms with van der Waals surface area (Å²) in [6.45, 7) is 11.3. The van der Waals surface area contributed by atoms with E-state index in [1.807, 2.05) is 74.5 Å². The molecule has 1 saturated heterocycles. The lowest BCUT2D eigenvalue weighted by Gasteiger charge is -2.35. The summed E-state index contributed by atoms with van der Waals surface area (Å²) >= 11 is 0. The van der Waals surface area contributed by atoms with E-state index in [1.54, 1.807) is 4.68 Å². The Bertz CT molecular complexity index is 1230. The van der Waals surface area contributed by atoms with Gasteiger partial charge >= 0.3 is 7.12 Å². The molecule has 1 aliphatic heterocycles. The van der Waals surface area contributed by atoms with Crippen LogP contribution in [0.5, 0.6) is 5.75 Å². The summed E-state index contributed by atoms with van der Waals surface area (Å²) in [4.78, 5) is 15.3. The number of carbonyl (C=O) groups excluding carboxylic acids is 1. The molecule has 2 heterocycles. The van der Waals surface area contributed by atoms with Gasteiger partial charge in [0.05, 0.1) is 29.5 Å². The molecule has 3 atom stereocenters.